The van der Waals surface area contributed by atoms with Gasteiger partial charge in [-0.05, 0) is 64.7 Å². The predicted octanol–water partition coefficient (Wildman–Crippen LogP) is 4.41. The number of anilines is 1. The van der Waals surface area contributed by atoms with E-state index in [1.54, 1.807) is 0 Å². The second-order valence-corrected chi connectivity index (χ2v) is 5.83. The first-order valence-electron chi connectivity index (χ1n) is 6.52. The molecule has 1 aliphatic heterocycles. The van der Waals surface area contributed by atoms with Crippen molar-refractivity contribution in [3.8, 4) is 11.5 Å². The van der Waals surface area contributed by atoms with Gasteiger partial charge in [0, 0.05) is 11.0 Å². The zero-order chi connectivity index (χ0) is 14.1. The van der Waals surface area contributed by atoms with Gasteiger partial charge in [0.05, 0.1) is 5.69 Å². The molecule has 3 nitrogen and oxygen atoms in total. The van der Waals surface area contributed by atoms with Crippen LogP contribution in [0.2, 0.25) is 0 Å². The number of rotatable bonds is 3. The lowest BCUT2D eigenvalue weighted by Crippen LogP contribution is -2.02. The van der Waals surface area contributed by atoms with E-state index < -0.39 is 0 Å². The van der Waals surface area contributed by atoms with Crippen molar-refractivity contribution in [1.82, 2.24) is 0 Å². The summed E-state index contributed by atoms with van der Waals surface area (Å²) >= 11 is 3.61. The molecular weight excluding hydrogens is 318 g/mol. The molecule has 1 N–H and O–H groups in total. The number of fused-ring (bicyclic) bond motifs is 1. The minimum Gasteiger partial charge on any atom is -0.454 e. The highest BCUT2D eigenvalue weighted by Crippen LogP contribution is 2.33. The Kier molecular flexibility index (Phi) is 3.57. The van der Waals surface area contributed by atoms with E-state index in [1.807, 2.05) is 12.1 Å². The average Bonchev–Trinajstić information content (AvgIpc) is 2.84. The summed E-state index contributed by atoms with van der Waals surface area (Å²) in [6, 6.07) is 10.3. The predicted molar refractivity (Wildman–Crippen MR) is 83.5 cm³/mol. The zero-order valence-electron chi connectivity index (χ0n) is 11.5. The van der Waals surface area contributed by atoms with E-state index in [-0.39, 0.29) is 0 Å². The maximum atomic E-state index is 5.40. The van der Waals surface area contributed by atoms with E-state index in [9.17, 15) is 0 Å². The zero-order valence-corrected chi connectivity index (χ0v) is 13.1. The maximum Gasteiger partial charge on any atom is 0.231 e. The molecule has 0 bridgehead atoms. The van der Waals surface area contributed by atoms with Crippen molar-refractivity contribution >= 4 is 21.6 Å². The summed E-state index contributed by atoms with van der Waals surface area (Å²) < 4.78 is 11.8. The van der Waals surface area contributed by atoms with Crippen molar-refractivity contribution in [2.75, 3.05) is 12.1 Å². The van der Waals surface area contributed by atoms with E-state index in [0.717, 1.165) is 28.2 Å². The SMILES string of the molecule is Cc1cc(C)c(NCc2ccc3c(c2)OCO3)c(Br)c1. The molecule has 4 heteroatoms. The van der Waals surface area contributed by atoms with Crippen LogP contribution in [0.25, 0.3) is 0 Å². The average molecular weight is 334 g/mol. The summed E-state index contributed by atoms with van der Waals surface area (Å²) in [6.45, 7) is 5.27. The molecule has 0 spiro atoms. The van der Waals surface area contributed by atoms with Gasteiger partial charge in [-0.3, -0.25) is 0 Å². The van der Waals surface area contributed by atoms with Crippen LogP contribution in [0.5, 0.6) is 11.5 Å². The monoisotopic (exact) mass is 333 g/mol. The second-order valence-electron chi connectivity index (χ2n) is 4.98. The van der Waals surface area contributed by atoms with Gasteiger partial charge in [-0.15, -0.1) is 0 Å². The first-order chi connectivity index (χ1) is 9.63. The van der Waals surface area contributed by atoms with Crippen molar-refractivity contribution in [1.29, 1.82) is 0 Å². The lowest BCUT2D eigenvalue weighted by Gasteiger charge is -2.13. The number of hydrogen-bond donors (Lipinski definition) is 1. The van der Waals surface area contributed by atoms with E-state index >= 15 is 0 Å². The van der Waals surface area contributed by atoms with Gasteiger partial charge >= 0.3 is 0 Å². The van der Waals surface area contributed by atoms with Crippen molar-refractivity contribution in [3.63, 3.8) is 0 Å². The van der Waals surface area contributed by atoms with Gasteiger partial charge in [-0.2, -0.15) is 0 Å². The molecule has 0 radical (unpaired) electrons. The molecule has 0 saturated carbocycles. The van der Waals surface area contributed by atoms with Crippen LogP contribution in [0, 0.1) is 13.8 Å². The number of benzene rings is 2. The van der Waals surface area contributed by atoms with Crippen molar-refractivity contribution in [2.45, 2.75) is 20.4 Å². The number of halogens is 1. The molecule has 1 aliphatic rings. The molecule has 0 atom stereocenters. The highest BCUT2D eigenvalue weighted by atomic mass is 79.9. The topological polar surface area (TPSA) is 30.5 Å². The highest BCUT2D eigenvalue weighted by Gasteiger charge is 2.13. The number of ether oxygens (including phenoxy) is 2. The first kappa shape index (κ1) is 13.3. The fourth-order valence-electron chi connectivity index (χ4n) is 2.38. The van der Waals surface area contributed by atoms with E-state index in [0.29, 0.717) is 6.79 Å². The van der Waals surface area contributed by atoms with Crippen molar-refractivity contribution < 1.29 is 9.47 Å². The minimum atomic E-state index is 0.314. The number of aryl methyl sites for hydroxylation is 2. The Hall–Kier alpha value is -1.68. The van der Waals surface area contributed by atoms with Gasteiger partial charge in [-0.25, -0.2) is 0 Å². The van der Waals surface area contributed by atoms with Crippen LogP contribution in [0.1, 0.15) is 16.7 Å². The Morgan fingerprint density at radius 1 is 1.10 bits per heavy atom. The van der Waals surface area contributed by atoms with Crippen molar-refractivity contribution in [3.05, 3.63) is 51.5 Å². The van der Waals surface area contributed by atoms with Gasteiger partial charge in [0.15, 0.2) is 11.5 Å². The van der Waals surface area contributed by atoms with Crippen LogP contribution >= 0.6 is 15.9 Å². The summed E-state index contributed by atoms with van der Waals surface area (Å²) in [5, 5.41) is 3.47. The third-order valence-electron chi connectivity index (χ3n) is 3.34. The Labute approximate surface area is 127 Å². The van der Waals surface area contributed by atoms with Gasteiger partial charge in [0.1, 0.15) is 0 Å². The summed E-state index contributed by atoms with van der Waals surface area (Å²) in [4.78, 5) is 0. The lowest BCUT2D eigenvalue weighted by molar-refractivity contribution is 0.174. The number of nitrogens with one attached hydrogen (secondary N) is 1. The largest absolute Gasteiger partial charge is 0.454 e. The molecule has 0 fully saturated rings. The first-order valence-corrected chi connectivity index (χ1v) is 7.32. The lowest BCUT2D eigenvalue weighted by atomic mass is 10.1. The summed E-state index contributed by atoms with van der Waals surface area (Å²) in [5.41, 5.74) is 4.79. The fourth-order valence-corrected chi connectivity index (χ4v) is 3.19. The smallest absolute Gasteiger partial charge is 0.231 e. The van der Waals surface area contributed by atoms with E-state index in [1.165, 1.54) is 16.7 Å². The standard InChI is InChI=1S/C16H16BrNO2/c1-10-5-11(2)16(13(17)6-10)18-8-12-3-4-14-15(7-12)20-9-19-14/h3-7,18H,8-9H2,1-2H3. The molecular formula is C16H16BrNO2. The van der Waals surface area contributed by atoms with Crippen LogP contribution in [0.4, 0.5) is 5.69 Å². The third kappa shape index (κ3) is 2.61. The number of hydrogen-bond acceptors (Lipinski definition) is 3. The molecule has 1 heterocycles. The molecule has 0 aromatic heterocycles. The molecule has 3 rings (SSSR count). The Balaban J connectivity index is 1.77. The molecule has 2 aromatic carbocycles. The minimum absolute atomic E-state index is 0.314. The van der Waals surface area contributed by atoms with E-state index in [4.69, 9.17) is 9.47 Å². The maximum absolute atomic E-state index is 5.40. The van der Waals surface area contributed by atoms with Crippen LogP contribution in [-0.4, -0.2) is 6.79 Å². The third-order valence-corrected chi connectivity index (χ3v) is 3.96. The molecule has 0 unspecified atom stereocenters. The van der Waals surface area contributed by atoms with Gasteiger partial charge in [0.2, 0.25) is 6.79 Å². The van der Waals surface area contributed by atoms with Crippen LogP contribution in [0.15, 0.2) is 34.8 Å². The molecule has 0 amide bonds. The van der Waals surface area contributed by atoms with Gasteiger partial charge in [-0.1, -0.05) is 12.1 Å². The summed E-state index contributed by atoms with van der Waals surface area (Å²) in [5.74, 6) is 1.64. The van der Waals surface area contributed by atoms with Gasteiger partial charge in [0.25, 0.3) is 0 Å². The quantitative estimate of drug-likeness (QED) is 0.902. The van der Waals surface area contributed by atoms with Crippen LogP contribution in [-0.2, 0) is 6.54 Å². The Bertz CT molecular complexity index is 632. The van der Waals surface area contributed by atoms with Crippen LogP contribution < -0.4 is 14.8 Å². The molecule has 104 valence electrons. The van der Waals surface area contributed by atoms with Crippen LogP contribution in [0.3, 0.4) is 0 Å². The van der Waals surface area contributed by atoms with E-state index in [2.05, 4.69) is 53.3 Å². The Morgan fingerprint density at radius 3 is 2.70 bits per heavy atom. The summed E-state index contributed by atoms with van der Waals surface area (Å²) in [6.07, 6.45) is 0. The van der Waals surface area contributed by atoms with Gasteiger partial charge < -0.3 is 14.8 Å². The molecule has 0 saturated heterocycles. The second kappa shape index (κ2) is 5.37. The molecule has 0 aliphatic carbocycles. The fraction of sp³-hybridized carbons (Fsp3) is 0.250. The highest BCUT2D eigenvalue weighted by molar-refractivity contribution is 9.10. The molecule has 20 heavy (non-hydrogen) atoms. The summed E-state index contributed by atoms with van der Waals surface area (Å²) in [7, 11) is 0. The Morgan fingerprint density at radius 2 is 1.90 bits per heavy atom. The van der Waals surface area contributed by atoms with Crippen molar-refractivity contribution in [2.24, 2.45) is 0 Å². The molecule has 2 aromatic rings. The normalized spacial score (nSPS) is 12.6.